The van der Waals surface area contributed by atoms with Crippen LogP contribution in [0.2, 0.25) is 0 Å². The van der Waals surface area contributed by atoms with Crippen LogP contribution in [0.1, 0.15) is 12.6 Å². The minimum absolute atomic E-state index is 0.213. The normalized spacial score (nSPS) is 11.2. The predicted molar refractivity (Wildman–Crippen MR) is 131 cm³/mol. The van der Waals surface area contributed by atoms with Gasteiger partial charge in [-0.15, -0.1) is 0 Å². The topological polar surface area (TPSA) is 79.9 Å². The standard InChI is InChI=1S/C26H24N4O4/c1-5-20-24(16-6-8-17(32-2)9-7-16)25-27-15-19-21(30(25)28-20)12-13-29(26(19)31)22-11-10-18(33-3)14-23(22)34-4/h6-15H,5H2,1-4H3. The minimum Gasteiger partial charge on any atom is -0.497 e. The van der Waals surface area contributed by atoms with Crippen molar-refractivity contribution in [1.29, 1.82) is 0 Å². The summed E-state index contributed by atoms with van der Waals surface area (Å²) in [5.74, 6) is 1.96. The lowest BCUT2D eigenvalue weighted by Crippen LogP contribution is -2.19. The fourth-order valence-electron chi connectivity index (χ4n) is 4.19. The average molecular weight is 457 g/mol. The third kappa shape index (κ3) is 3.35. The maximum Gasteiger partial charge on any atom is 0.266 e. The summed E-state index contributed by atoms with van der Waals surface area (Å²) in [5.41, 5.74) is 4.65. The molecule has 8 heteroatoms. The maximum atomic E-state index is 13.5. The Morgan fingerprint density at radius 3 is 2.32 bits per heavy atom. The zero-order valence-electron chi connectivity index (χ0n) is 19.4. The number of hydrogen-bond acceptors (Lipinski definition) is 6. The molecule has 5 aromatic rings. The molecule has 0 saturated carbocycles. The molecule has 3 aromatic heterocycles. The molecule has 0 saturated heterocycles. The van der Waals surface area contributed by atoms with Gasteiger partial charge in [-0.25, -0.2) is 9.50 Å². The molecule has 8 nitrogen and oxygen atoms in total. The van der Waals surface area contributed by atoms with Gasteiger partial charge in [-0.05, 0) is 42.3 Å². The summed E-state index contributed by atoms with van der Waals surface area (Å²) < 4.78 is 19.4. The van der Waals surface area contributed by atoms with Gasteiger partial charge in [-0.1, -0.05) is 19.1 Å². The highest BCUT2D eigenvalue weighted by atomic mass is 16.5. The van der Waals surface area contributed by atoms with E-state index >= 15 is 0 Å². The van der Waals surface area contributed by atoms with E-state index in [2.05, 4.69) is 11.9 Å². The molecule has 0 amide bonds. The first kappa shape index (κ1) is 21.5. The van der Waals surface area contributed by atoms with Gasteiger partial charge in [0.05, 0.1) is 43.6 Å². The molecule has 3 heterocycles. The number of benzene rings is 2. The van der Waals surface area contributed by atoms with E-state index in [9.17, 15) is 4.79 Å². The zero-order chi connectivity index (χ0) is 23.8. The number of fused-ring (bicyclic) bond motifs is 3. The van der Waals surface area contributed by atoms with Gasteiger partial charge in [-0.2, -0.15) is 5.10 Å². The second-order valence-corrected chi connectivity index (χ2v) is 7.72. The second kappa shape index (κ2) is 8.55. The van der Waals surface area contributed by atoms with E-state index in [-0.39, 0.29) is 5.56 Å². The molecule has 0 aliphatic rings. The van der Waals surface area contributed by atoms with Gasteiger partial charge in [-0.3, -0.25) is 9.36 Å². The molecule has 0 spiro atoms. The number of methoxy groups -OCH3 is 3. The molecule has 0 aliphatic heterocycles. The lowest BCUT2D eigenvalue weighted by Gasteiger charge is -2.13. The molecule has 5 rings (SSSR count). The van der Waals surface area contributed by atoms with Gasteiger partial charge < -0.3 is 14.2 Å². The molecule has 0 bridgehead atoms. The molecular weight excluding hydrogens is 432 g/mol. The monoisotopic (exact) mass is 456 g/mol. The summed E-state index contributed by atoms with van der Waals surface area (Å²) in [6, 6.07) is 15.0. The third-order valence-electron chi connectivity index (χ3n) is 5.94. The Morgan fingerprint density at radius 1 is 0.912 bits per heavy atom. The molecule has 172 valence electrons. The summed E-state index contributed by atoms with van der Waals surface area (Å²) in [6.45, 7) is 2.06. The van der Waals surface area contributed by atoms with Crippen LogP contribution >= 0.6 is 0 Å². The molecule has 2 aromatic carbocycles. The Labute approximate surface area is 196 Å². The van der Waals surface area contributed by atoms with Crippen LogP contribution in [-0.2, 0) is 6.42 Å². The van der Waals surface area contributed by atoms with E-state index < -0.39 is 0 Å². The van der Waals surface area contributed by atoms with Crippen LogP contribution in [0.5, 0.6) is 17.2 Å². The highest BCUT2D eigenvalue weighted by Crippen LogP contribution is 2.31. The fourth-order valence-corrected chi connectivity index (χ4v) is 4.19. The van der Waals surface area contributed by atoms with Gasteiger partial charge in [0.25, 0.3) is 5.56 Å². The van der Waals surface area contributed by atoms with Gasteiger partial charge in [0.15, 0.2) is 5.65 Å². The molecule has 0 N–H and O–H groups in total. The lowest BCUT2D eigenvalue weighted by atomic mass is 10.0. The lowest BCUT2D eigenvalue weighted by molar-refractivity contribution is 0.393. The molecule has 0 unspecified atom stereocenters. The molecule has 0 fully saturated rings. The summed E-state index contributed by atoms with van der Waals surface area (Å²) >= 11 is 0. The Balaban J connectivity index is 1.72. The van der Waals surface area contributed by atoms with Crippen molar-refractivity contribution in [3.63, 3.8) is 0 Å². The number of pyridine rings is 1. The van der Waals surface area contributed by atoms with Crippen LogP contribution in [-0.4, -0.2) is 40.5 Å². The summed E-state index contributed by atoms with van der Waals surface area (Å²) in [6.07, 6.45) is 4.08. The Morgan fingerprint density at radius 2 is 1.65 bits per heavy atom. The number of aryl methyl sites for hydroxylation is 1. The summed E-state index contributed by atoms with van der Waals surface area (Å²) in [4.78, 5) is 18.1. The number of ether oxygens (including phenoxy) is 3. The molecule has 0 radical (unpaired) electrons. The predicted octanol–water partition coefficient (Wildman–Crippen LogP) is 4.29. The number of hydrogen-bond donors (Lipinski definition) is 0. The molecule has 0 aliphatic carbocycles. The summed E-state index contributed by atoms with van der Waals surface area (Å²) in [5, 5.41) is 5.27. The minimum atomic E-state index is -0.213. The quantitative estimate of drug-likeness (QED) is 0.379. The second-order valence-electron chi connectivity index (χ2n) is 7.72. The van der Waals surface area contributed by atoms with Gasteiger partial charge >= 0.3 is 0 Å². The van der Waals surface area contributed by atoms with Gasteiger partial charge in [0.1, 0.15) is 17.2 Å². The number of rotatable bonds is 6. The van der Waals surface area contributed by atoms with E-state index in [0.29, 0.717) is 33.7 Å². The van der Waals surface area contributed by atoms with Crippen LogP contribution in [0, 0.1) is 0 Å². The van der Waals surface area contributed by atoms with E-state index in [1.165, 1.54) is 0 Å². The number of aromatic nitrogens is 4. The van der Waals surface area contributed by atoms with Crippen LogP contribution < -0.4 is 19.8 Å². The van der Waals surface area contributed by atoms with Crippen LogP contribution in [0.25, 0.3) is 33.4 Å². The zero-order valence-corrected chi connectivity index (χ0v) is 19.4. The van der Waals surface area contributed by atoms with Crippen molar-refractivity contribution in [2.75, 3.05) is 21.3 Å². The third-order valence-corrected chi connectivity index (χ3v) is 5.94. The fraction of sp³-hybridized carbons (Fsp3) is 0.192. The van der Waals surface area contributed by atoms with Crippen molar-refractivity contribution in [2.45, 2.75) is 13.3 Å². The SMILES string of the molecule is CCc1nn2c(ncc3c(=O)n(-c4ccc(OC)cc4OC)ccc32)c1-c1ccc(OC)cc1. The van der Waals surface area contributed by atoms with Gasteiger partial charge in [0, 0.05) is 24.0 Å². The van der Waals surface area contributed by atoms with Crippen LogP contribution in [0.4, 0.5) is 0 Å². The van der Waals surface area contributed by atoms with Crippen molar-refractivity contribution in [1.82, 2.24) is 19.2 Å². The molecule has 34 heavy (non-hydrogen) atoms. The number of nitrogens with zero attached hydrogens (tertiary/aromatic N) is 4. The van der Waals surface area contributed by atoms with Crippen molar-refractivity contribution >= 4 is 16.6 Å². The van der Waals surface area contributed by atoms with E-state index in [4.69, 9.17) is 19.3 Å². The molecular formula is C26H24N4O4. The highest BCUT2D eigenvalue weighted by Gasteiger charge is 2.19. The van der Waals surface area contributed by atoms with Gasteiger partial charge in [0.2, 0.25) is 0 Å². The smallest absolute Gasteiger partial charge is 0.266 e. The van der Waals surface area contributed by atoms with Crippen molar-refractivity contribution in [2.24, 2.45) is 0 Å². The Kier molecular flexibility index (Phi) is 5.41. The summed E-state index contributed by atoms with van der Waals surface area (Å²) in [7, 11) is 4.79. The average Bonchev–Trinajstić information content (AvgIpc) is 3.28. The highest BCUT2D eigenvalue weighted by molar-refractivity contribution is 5.87. The largest absolute Gasteiger partial charge is 0.497 e. The van der Waals surface area contributed by atoms with E-state index in [1.807, 2.05) is 30.3 Å². The van der Waals surface area contributed by atoms with Crippen LogP contribution in [0.15, 0.2) is 65.7 Å². The van der Waals surface area contributed by atoms with Crippen LogP contribution in [0.3, 0.4) is 0 Å². The van der Waals surface area contributed by atoms with E-state index in [1.54, 1.807) is 61.0 Å². The van der Waals surface area contributed by atoms with Crippen molar-refractivity contribution < 1.29 is 14.2 Å². The maximum absolute atomic E-state index is 13.5. The van der Waals surface area contributed by atoms with Crippen molar-refractivity contribution in [3.8, 4) is 34.1 Å². The molecule has 0 atom stereocenters. The Hall–Kier alpha value is -4.33. The first-order chi connectivity index (χ1) is 16.6. The first-order valence-corrected chi connectivity index (χ1v) is 10.9. The first-order valence-electron chi connectivity index (χ1n) is 10.9. The Bertz CT molecular complexity index is 1570. The van der Waals surface area contributed by atoms with Crippen molar-refractivity contribution in [3.05, 3.63) is 77.0 Å². The van der Waals surface area contributed by atoms with E-state index in [0.717, 1.165) is 29.0 Å².